The quantitative estimate of drug-likeness (QED) is 0.697. The molecule has 1 heterocycles. The zero-order chi connectivity index (χ0) is 15.6. The third-order valence-electron chi connectivity index (χ3n) is 2.72. The highest BCUT2D eigenvalue weighted by Crippen LogP contribution is 2.24. The highest BCUT2D eigenvalue weighted by Gasteiger charge is 2.20. The SMILES string of the molecule is C[C@H](Sc1nccn1C)C(=O)Nc1ccc(F)c(F)c1F. The molecule has 1 aromatic heterocycles. The lowest BCUT2D eigenvalue weighted by Crippen LogP contribution is -2.23. The Morgan fingerprint density at radius 2 is 2.05 bits per heavy atom. The topological polar surface area (TPSA) is 46.9 Å². The average molecular weight is 315 g/mol. The number of amides is 1. The molecule has 2 rings (SSSR count). The molecule has 1 atom stereocenters. The molecule has 0 aliphatic rings. The maximum absolute atomic E-state index is 13.5. The van der Waals surface area contributed by atoms with E-state index in [4.69, 9.17) is 0 Å². The first-order valence-corrected chi connectivity index (χ1v) is 6.86. The molecule has 1 aromatic carbocycles. The molecular formula is C13H12F3N3OS. The number of carbonyl (C=O) groups excluding carboxylic acids is 1. The molecular weight excluding hydrogens is 303 g/mol. The van der Waals surface area contributed by atoms with Crippen molar-refractivity contribution in [2.75, 3.05) is 5.32 Å². The Morgan fingerprint density at radius 1 is 1.33 bits per heavy atom. The Kier molecular flexibility index (Phi) is 4.56. The number of nitrogens with zero attached hydrogens (tertiary/aromatic N) is 2. The van der Waals surface area contributed by atoms with Crippen LogP contribution in [0.4, 0.5) is 18.9 Å². The summed E-state index contributed by atoms with van der Waals surface area (Å²) in [6.07, 6.45) is 3.31. The van der Waals surface area contributed by atoms with Crippen molar-refractivity contribution in [3.63, 3.8) is 0 Å². The molecule has 112 valence electrons. The molecule has 0 radical (unpaired) electrons. The fourth-order valence-corrected chi connectivity index (χ4v) is 2.36. The molecule has 0 spiro atoms. The minimum atomic E-state index is -1.61. The van der Waals surface area contributed by atoms with Crippen LogP contribution in [0.2, 0.25) is 0 Å². The lowest BCUT2D eigenvalue weighted by molar-refractivity contribution is -0.115. The number of thioether (sulfide) groups is 1. The molecule has 0 bridgehead atoms. The number of aromatic nitrogens is 2. The Hall–Kier alpha value is -1.96. The van der Waals surface area contributed by atoms with Gasteiger partial charge >= 0.3 is 0 Å². The van der Waals surface area contributed by atoms with Crippen LogP contribution in [0.1, 0.15) is 6.92 Å². The fourth-order valence-electron chi connectivity index (χ4n) is 1.53. The van der Waals surface area contributed by atoms with Gasteiger partial charge in [-0.3, -0.25) is 4.79 Å². The summed E-state index contributed by atoms with van der Waals surface area (Å²) in [4.78, 5) is 16.0. The molecule has 0 saturated heterocycles. The molecule has 4 nitrogen and oxygen atoms in total. The summed E-state index contributed by atoms with van der Waals surface area (Å²) in [5.41, 5.74) is -0.397. The summed E-state index contributed by atoms with van der Waals surface area (Å²) < 4.78 is 41.1. The molecule has 0 aliphatic heterocycles. The van der Waals surface area contributed by atoms with Gasteiger partial charge in [-0.1, -0.05) is 11.8 Å². The summed E-state index contributed by atoms with van der Waals surface area (Å²) in [6.45, 7) is 1.60. The molecule has 1 N–H and O–H groups in total. The number of rotatable bonds is 4. The van der Waals surface area contributed by atoms with Crippen molar-refractivity contribution >= 4 is 23.4 Å². The van der Waals surface area contributed by atoms with Crippen molar-refractivity contribution in [3.8, 4) is 0 Å². The Bertz CT molecular complexity index is 675. The summed E-state index contributed by atoms with van der Waals surface area (Å²) in [6, 6.07) is 1.73. The molecule has 0 aliphatic carbocycles. The molecule has 2 aromatic rings. The molecule has 21 heavy (non-hydrogen) atoms. The van der Waals surface area contributed by atoms with E-state index in [2.05, 4.69) is 10.3 Å². The number of carbonyl (C=O) groups is 1. The monoisotopic (exact) mass is 315 g/mol. The zero-order valence-electron chi connectivity index (χ0n) is 11.2. The van der Waals surface area contributed by atoms with Crippen molar-refractivity contribution < 1.29 is 18.0 Å². The third kappa shape index (κ3) is 3.38. The second-order valence-corrected chi connectivity index (χ2v) is 5.60. The van der Waals surface area contributed by atoms with Gasteiger partial charge in [-0.2, -0.15) is 0 Å². The van der Waals surface area contributed by atoms with Gasteiger partial charge in [0.1, 0.15) is 0 Å². The number of hydrogen-bond acceptors (Lipinski definition) is 3. The maximum Gasteiger partial charge on any atom is 0.237 e. The van der Waals surface area contributed by atoms with Crippen LogP contribution >= 0.6 is 11.8 Å². The Labute approximate surface area is 123 Å². The molecule has 8 heteroatoms. The summed E-state index contributed by atoms with van der Waals surface area (Å²) in [5, 5.41) is 2.26. The number of imidazole rings is 1. The van der Waals surface area contributed by atoms with Crippen LogP contribution in [0, 0.1) is 17.5 Å². The van der Waals surface area contributed by atoms with E-state index < -0.39 is 34.3 Å². The lowest BCUT2D eigenvalue weighted by atomic mass is 10.2. The number of nitrogens with one attached hydrogen (secondary N) is 1. The number of hydrogen-bond donors (Lipinski definition) is 1. The highest BCUT2D eigenvalue weighted by molar-refractivity contribution is 8.00. The lowest BCUT2D eigenvalue weighted by Gasteiger charge is -2.12. The van der Waals surface area contributed by atoms with Gasteiger partial charge in [-0.25, -0.2) is 18.2 Å². The van der Waals surface area contributed by atoms with Crippen molar-refractivity contribution in [1.82, 2.24) is 9.55 Å². The van der Waals surface area contributed by atoms with E-state index in [1.54, 1.807) is 30.9 Å². The fraction of sp³-hybridized carbons (Fsp3) is 0.231. The first-order valence-electron chi connectivity index (χ1n) is 5.98. The highest BCUT2D eigenvalue weighted by atomic mass is 32.2. The van der Waals surface area contributed by atoms with E-state index >= 15 is 0 Å². The molecule has 0 saturated carbocycles. The molecule has 1 amide bonds. The number of anilines is 1. The van der Waals surface area contributed by atoms with Gasteiger partial charge < -0.3 is 9.88 Å². The summed E-state index contributed by atoms with van der Waals surface area (Å²) in [5.74, 6) is -4.87. The van der Waals surface area contributed by atoms with Gasteiger partial charge in [-0.05, 0) is 19.1 Å². The summed E-state index contributed by atoms with van der Waals surface area (Å²) >= 11 is 1.17. The normalized spacial score (nSPS) is 12.2. The molecule has 0 fully saturated rings. The predicted molar refractivity (Wildman–Crippen MR) is 73.5 cm³/mol. The van der Waals surface area contributed by atoms with Crippen molar-refractivity contribution in [1.29, 1.82) is 0 Å². The number of aryl methyl sites for hydroxylation is 1. The standard InChI is InChI=1S/C13H12F3N3OS/c1-7(21-13-17-5-6-19(13)2)12(20)18-9-4-3-8(14)10(15)11(9)16/h3-7H,1-2H3,(H,18,20)/t7-/m0/s1. The van der Waals surface area contributed by atoms with E-state index in [1.165, 1.54) is 11.8 Å². The van der Waals surface area contributed by atoms with Crippen LogP contribution in [0.3, 0.4) is 0 Å². The van der Waals surface area contributed by atoms with Crippen LogP contribution in [0.5, 0.6) is 0 Å². The Morgan fingerprint density at radius 3 is 2.67 bits per heavy atom. The first kappa shape index (κ1) is 15.4. The third-order valence-corrected chi connectivity index (χ3v) is 3.89. The van der Waals surface area contributed by atoms with E-state index in [-0.39, 0.29) is 0 Å². The first-order chi connectivity index (χ1) is 9.90. The van der Waals surface area contributed by atoms with Crippen LogP contribution in [0.25, 0.3) is 0 Å². The van der Waals surface area contributed by atoms with Crippen molar-refractivity contribution in [2.45, 2.75) is 17.3 Å². The minimum Gasteiger partial charge on any atom is -0.329 e. The molecule has 0 unspecified atom stereocenters. The summed E-state index contributed by atoms with van der Waals surface area (Å²) in [7, 11) is 1.77. The van der Waals surface area contributed by atoms with E-state index in [9.17, 15) is 18.0 Å². The van der Waals surface area contributed by atoms with Crippen LogP contribution in [0.15, 0.2) is 29.7 Å². The van der Waals surface area contributed by atoms with Gasteiger partial charge in [0.15, 0.2) is 22.6 Å². The zero-order valence-corrected chi connectivity index (χ0v) is 12.0. The minimum absolute atomic E-state index is 0.397. The van der Waals surface area contributed by atoms with Crippen molar-refractivity contribution in [2.24, 2.45) is 7.05 Å². The van der Waals surface area contributed by atoms with Gasteiger partial charge in [0.25, 0.3) is 0 Å². The number of halogens is 3. The van der Waals surface area contributed by atoms with Gasteiger partial charge in [0.2, 0.25) is 5.91 Å². The van der Waals surface area contributed by atoms with Crippen LogP contribution in [-0.2, 0) is 11.8 Å². The van der Waals surface area contributed by atoms with Gasteiger partial charge in [-0.15, -0.1) is 0 Å². The number of benzene rings is 1. The second kappa shape index (κ2) is 6.21. The largest absolute Gasteiger partial charge is 0.329 e. The van der Waals surface area contributed by atoms with Crippen LogP contribution < -0.4 is 5.32 Å². The van der Waals surface area contributed by atoms with E-state index in [0.29, 0.717) is 5.16 Å². The van der Waals surface area contributed by atoms with Crippen molar-refractivity contribution in [3.05, 3.63) is 42.0 Å². The predicted octanol–water partition coefficient (Wildman–Crippen LogP) is 2.96. The maximum atomic E-state index is 13.5. The van der Waals surface area contributed by atoms with Gasteiger partial charge in [0.05, 0.1) is 10.9 Å². The average Bonchev–Trinajstić information content (AvgIpc) is 2.85. The van der Waals surface area contributed by atoms with Gasteiger partial charge in [0, 0.05) is 19.4 Å². The smallest absolute Gasteiger partial charge is 0.237 e. The van der Waals surface area contributed by atoms with E-state index in [0.717, 1.165) is 12.1 Å². The second-order valence-electron chi connectivity index (χ2n) is 4.29. The Balaban J connectivity index is 2.08. The van der Waals surface area contributed by atoms with Crippen LogP contribution in [-0.4, -0.2) is 20.7 Å². The van der Waals surface area contributed by atoms with E-state index in [1.807, 2.05) is 0 Å².